The molecule has 0 aliphatic heterocycles. The molecule has 4 N–H and O–H groups in total. The summed E-state index contributed by atoms with van der Waals surface area (Å²) in [6.07, 6.45) is 1.48. The van der Waals surface area contributed by atoms with Gasteiger partial charge in [-0.15, -0.1) is 0 Å². The molecule has 0 aliphatic carbocycles. The molecule has 5 nitrogen and oxygen atoms in total. The number of nitrogens with zero attached hydrogens (tertiary/aromatic N) is 1. The number of benzene rings is 2. The molecule has 24 heavy (non-hydrogen) atoms. The van der Waals surface area contributed by atoms with Crippen LogP contribution in [0, 0.1) is 5.82 Å². The number of pyridine rings is 1. The van der Waals surface area contributed by atoms with E-state index in [9.17, 15) is 12.8 Å². The molecule has 1 aromatic heterocycles. The minimum atomic E-state index is -3.91. The van der Waals surface area contributed by atoms with E-state index in [1.54, 1.807) is 42.5 Å². The molecule has 1 heterocycles. The third kappa shape index (κ3) is 3.12. The van der Waals surface area contributed by atoms with Crippen LogP contribution < -0.4 is 10.9 Å². The van der Waals surface area contributed by atoms with E-state index in [0.29, 0.717) is 28.1 Å². The second-order valence-corrected chi connectivity index (χ2v) is 6.74. The lowest BCUT2D eigenvalue weighted by molar-refractivity contribution is 0.598. The molecule has 3 rings (SSSR count). The first-order valence-corrected chi connectivity index (χ1v) is 8.54. The predicted molar refractivity (Wildman–Crippen MR) is 90.9 cm³/mol. The zero-order chi connectivity index (χ0) is 17.3. The molecule has 3 aromatic rings. The van der Waals surface area contributed by atoms with Gasteiger partial charge in [-0.2, -0.15) is 0 Å². The largest absolute Gasteiger partial charge is 0.384 e. The van der Waals surface area contributed by atoms with Crippen molar-refractivity contribution in [3.8, 4) is 22.3 Å². The molecule has 0 spiro atoms. The van der Waals surface area contributed by atoms with E-state index in [4.69, 9.17) is 10.9 Å². The van der Waals surface area contributed by atoms with Crippen molar-refractivity contribution in [1.82, 2.24) is 4.98 Å². The van der Waals surface area contributed by atoms with E-state index in [2.05, 4.69) is 4.98 Å². The predicted octanol–water partition coefficient (Wildman–Crippen LogP) is 2.78. The molecule has 122 valence electrons. The van der Waals surface area contributed by atoms with Crippen molar-refractivity contribution >= 4 is 15.8 Å². The second kappa shape index (κ2) is 6.03. The highest BCUT2D eigenvalue weighted by Crippen LogP contribution is 2.31. The fourth-order valence-corrected chi connectivity index (χ4v) is 3.20. The third-order valence-corrected chi connectivity index (χ3v) is 4.54. The smallest absolute Gasteiger partial charge is 0.238 e. The van der Waals surface area contributed by atoms with Gasteiger partial charge in [0.05, 0.1) is 4.90 Å². The van der Waals surface area contributed by atoms with Gasteiger partial charge in [-0.05, 0) is 29.8 Å². The maximum absolute atomic E-state index is 14.5. The summed E-state index contributed by atoms with van der Waals surface area (Å²) in [7, 11) is -3.91. The molecular weight excluding hydrogens is 329 g/mol. The molecule has 0 aliphatic rings. The number of sulfonamides is 1. The van der Waals surface area contributed by atoms with Crippen LogP contribution in [0.3, 0.4) is 0 Å². The first-order chi connectivity index (χ1) is 11.4. The van der Waals surface area contributed by atoms with Crippen molar-refractivity contribution in [2.24, 2.45) is 5.14 Å². The summed E-state index contributed by atoms with van der Waals surface area (Å²) in [5, 5.41) is 5.23. The van der Waals surface area contributed by atoms with Gasteiger partial charge in [0, 0.05) is 22.9 Å². The number of nitrogen functional groups attached to an aromatic ring is 1. The Bertz CT molecular complexity index is 1000. The van der Waals surface area contributed by atoms with Crippen molar-refractivity contribution in [2.75, 3.05) is 5.73 Å². The van der Waals surface area contributed by atoms with Gasteiger partial charge >= 0.3 is 0 Å². The Hall–Kier alpha value is -2.77. The van der Waals surface area contributed by atoms with Crippen LogP contribution in [0.15, 0.2) is 65.7 Å². The molecule has 0 unspecified atom stereocenters. The summed E-state index contributed by atoms with van der Waals surface area (Å²) in [5.41, 5.74) is 7.22. The molecule has 0 fully saturated rings. The lowest BCUT2D eigenvalue weighted by Gasteiger charge is -2.10. The molecule has 0 atom stereocenters. The summed E-state index contributed by atoms with van der Waals surface area (Å²) in [6, 6.07) is 13.9. The average molecular weight is 343 g/mol. The van der Waals surface area contributed by atoms with Gasteiger partial charge in [0.2, 0.25) is 10.0 Å². The van der Waals surface area contributed by atoms with Gasteiger partial charge in [0.1, 0.15) is 11.6 Å². The number of anilines is 1. The average Bonchev–Trinajstić information content (AvgIpc) is 2.55. The Balaban J connectivity index is 2.10. The van der Waals surface area contributed by atoms with Crippen LogP contribution in [0.1, 0.15) is 0 Å². The van der Waals surface area contributed by atoms with Crippen LogP contribution in [0.2, 0.25) is 0 Å². The number of primary sulfonamides is 1. The van der Waals surface area contributed by atoms with E-state index in [-0.39, 0.29) is 4.90 Å². The van der Waals surface area contributed by atoms with Gasteiger partial charge in [-0.3, -0.25) is 0 Å². The Morgan fingerprint density at radius 1 is 0.917 bits per heavy atom. The number of halogens is 1. The Labute approximate surface area is 138 Å². The van der Waals surface area contributed by atoms with Crippen molar-refractivity contribution in [1.29, 1.82) is 0 Å². The minimum absolute atomic E-state index is 0.0497. The summed E-state index contributed by atoms with van der Waals surface area (Å²) in [4.78, 5) is 3.89. The Morgan fingerprint density at radius 2 is 1.62 bits per heavy atom. The maximum Gasteiger partial charge on any atom is 0.238 e. The quantitative estimate of drug-likeness (QED) is 0.764. The Kier molecular flexibility index (Phi) is 4.04. The highest BCUT2D eigenvalue weighted by atomic mass is 32.2. The van der Waals surface area contributed by atoms with E-state index in [1.165, 1.54) is 18.3 Å². The summed E-state index contributed by atoms with van der Waals surface area (Å²) < 4.78 is 37.9. The Morgan fingerprint density at radius 3 is 2.25 bits per heavy atom. The van der Waals surface area contributed by atoms with Crippen LogP contribution in [0.4, 0.5) is 10.2 Å². The number of hydrogen-bond donors (Lipinski definition) is 2. The van der Waals surface area contributed by atoms with Gasteiger partial charge in [-0.25, -0.2) is 22.9 Å². The van der Waals surface area contributed by atoms with Gasteiger partial charge in [0.15, 0.2) is 0 Å². The monoisotopic (exact) mass is 343 g/mol. The molecule has 0 saturated heterocycles. The highest BCUT2D eigenvalue weighted by Gasteiger charge is 2.16. The molecule has 0 radical (unpaired) electrons. The van der Waals surface area contributed by atoms with Crippen LogP contribution in [0.5, 0.6) is 0 Å². The molecular formula is C17H14FN3O2S. The lowest BCUT2D eigenvalue weighted by atomic mass is 10.0. The third-order valence-electron chi connectivity index (χ3n) is 3.57. The summed E-state index contributed by atoms with van der Waals surface area (Å²) in [6.45, 7) is 0. The zero-order valence-electron chi connectivity index (χ0n) is 12.5. The van der Waals surface area contributed by atoms with Crippen LogP contribution in [-0.4, -0.2) is 13.4 Å². The molecule has 0 amide bonds. The summed E-state index contributed by atoms with van der Waals surface area (Å²) in [5.74, 6) is -0.152. The number of aromatic nitrogens is 1. The normalized spacial score (nSPS) is 11.4. The van der Waals surface area contributed by atoms with Crippen LogP contribution >= 0.6 is 0 Å². The van der Waals surface area contributed by atoms with Gasteiger partial charge in [-0.1, -0.05) is 30.3 Å². The van der Waals surface area contributed by atoms with Crippen LogP contribution in [-0.2, 0) is 10.0 Å². The van der Waals surface area contributed by atoms with Crippen molar-refractivity contribution in [3.05, 3.63) is 66.6 Å². The maximum atomic E-state index is 14.5. The molecule has 7 heteroatoms. The zero-order valence-corrected chi connectivity index (χ0v) is 13.3. The highest BCUT2D eigenvalue weighted by molar-refractivity contribution is 7.89. The van der Waals surface area contributed by atoms with E-state index in [1.807, 2.05) is 0 Å². The van der Waals surface area contributed by atoms with Crippen molar-refractivity contribution < 1.29 is 12.8 Å². The SMILES string of the molecule is Nc1ccc(-c2ccc(-c3ccccc3S(N)(=O)=O)cc2F)cn1. The topological polar surface area (TPSA) is 99.1 Å². The van der Waals surface area contributed by atoms with Crippen LogP contribution in [0.25, 0.3) is 22.3 Å². The van der Waals surface area contributed by atoms with E-state index in [0.717, 1.165) is 0 Å². The number of hydrogen-bond acceptors (Lipinski definition) is 4. The van der Waals surface area contributed by atoms with E-state index >= 15 is 0 Å². The van der Waals surface area contributed by atoms with Crippen molar-refractivity contribution in [2.45, 2.75) is 4.90 Å². The molecule has 0 bridgehead atoms. The molecule has 2 aromatic carbocycles. The number of nitrogens with two attached hydrogens (primary N) is 2. The number of rotatable bonds is 3. The lowest BCUT2D eigenvalue weighted by Crippen LogP contribution is -2.13. The second-order valence-electron chi connectivity index (χ2n) is 5.21. The van der Waals surface area contributed by atoms with Gasteiger partial charge < -0.3 is 5.73 Å². The standard InChI is InChI=1S/C17H14FN3O2S/c18-15-9-11(14-3-1-2-4-16(14)24(20,22)23)5-7-13(15)12-6-8-17(19)21-10-12/h1-10H,(H2,19,21)(H2,20,22,23). The first-order valence-electron chi connectivity index (χ1n) is 7.00. The minimum Gasteiger partial charge on any atom is -0.384 e. The molecule has 0 saturated carbocycles. The van der Waals surface area contributed by atoms with E-state index < -0.39 is 15.8 Å². The fourth-order valence-electron chi connectivity index (χ4n) is 2.43. The van der Waals surface area contributed by atoms with Gasteiger partial charge in [0.25, 0.3) is 0 Å². The van der Waals surface area contributed by atoms with Crippen molar-refractivity contribution in [3.63, 3.8) is 0 Å². The fraction of sp³-hybridized carbons (Fsp3) is 0. The summed E-state index contributed by atoms with van der Waals surface area (Å²) >= 11 is 0. The first kappa shape index (κ1) is 16.1.